The fourth-order valence-corrected chi connectivity index (χ4v) is 5.15. The molecule has 1 aliphatic heterocycles. The van der Waals surface area contributed by atoms with E-state index in [1.54, 1.807) is 12.1 Å². The average Bonchev–Trinajstić information content (AvgIpc) is 3.23. The Hall–Kier alpha value is -2.71. The van der Waals surface area contributed by atoms with Crippen LogP contribution in [0, 0.1) is 11.7 Å². The first kappa shape index (κ1) is 24.4. The van der Waals surface area contributed by atoms with E-state index in [0.29, 0.717) is 16.8 Å². The van der Waals surface area contributed by atoms with Crippen LogP contribution in [0.4, 0.5) is 17.6 Å². The average molecular weight is 476 g/mol. The molecule has 0 aliphatic carbocycles. The van der Waals surface area contributed by atoms with Crippen molar-refractivity contribution in [1.29, 1.82) is 0 Å². The number of halogens is 4. The number of ketones is 1. The van der Waals surface area contributed by atoms with Gasteiger partial charge in [-0.3, -0.25) is 4.79 Å². The Bertz CT molecular complexity index is 1130. The molecule has 0 saturated carbocycles. The van der Waals surface area contributed by atoms with Gasteiger partial charge in [0.05, 0.1) is 11.1 Å². The van der Waals surface area contributed by atoms with Gasteiger partial charge in [0.2, 0.25) is 0 Å². The third-order valence-corrected chi connectivity index (χ3v) is 6.83. The number of aromatic nitrogens is 1. The number of benzene rings is 2. The monoisotopic (exact) mass is 475 g/mol. The number of hydrogen-bond donors (Lipinski definition) is 1. The summed E-state index contributed by atoms with van der Waals surface area (Å²) in [7, 11) is 3.96. The molecule has 0 amide bonds. The highest BCUT2D eigenvalue weighted by Gasteiger charge is 2.41. The summed E-state index contributed by atoms with van der Waals surface area (Å²) >= 11 is 0. The number of H-pyrrole nitrogens is 1. The fourth-order valence-electron chi connectivity index (χ4n) is 5.15. The summed E-state index contributed by atoms with van der Waals surface area (Å²) in [6.45, 7) is 2.75. The molecule has 2 heterocycles. The Morgan fingerprint density at radius 2 is 1.79 bits per heavy atom. The number of nitrogens with zero attached hydrogens (tertiary/aromatic N) is 2. The van der Waals surface area contributed by atoms with Gasteiger partial charge < -0.3 is 14.8 Å². The number of rotatable bonds is 7. The molecular weight excluding hydrogens is 446 g/mol. The first-order valence-electron chi connectivity index (χ1n) is 11.5. The van der Waals surface area contributed by atoms with Gasteiger partial charge >= 0.3 is 6.18 Å². The second kappa shape index (κ2) is 9.88. The van der Waals surface area contributed by atoms with Gasteiger partial charge in [-0.1, -0.05) is 30.3 Å². The Labute approximate surface area is 196 Å². The quantitative estimate of drug-likeness (QED) is 0.357. The number of aromatic amines is 1. The van der Waals surface area contributed by atoms with Crippen LogP contribution in [-0.2, 0) is 6.42 Å². The number of carbonyl (C=O) groups is 1. The van der Waals surface area contributed by atoms with E-state index in [2.05, 4.69) is 14.8 Å². The molecular formula is C26H29F4N3O. The van der Waals surface area contributed by atoms with Crippen molar-refractivity contribution >= 4 is 16.7 Å². The third kappa shape index (κ3) is 5.18. The number of likely N-dealkylation sites (tertiary alicyclic amines) is 1. The smallest absolute Gasteiger partial charge is 0.360 e. The van der Waals surface area contributed by atoms with Crippen LogP contribution in [0.15, 0.2) is 48.7 Å². The van der Waals surface area contributed by atoms with Crippen molar-refractivity contribution in [3.63, 3.8) is 0 Å². The van der Waals surface area contributed by atoms with Gasteiger partial charge in [0, 0.05) is 24.2 Å². The molecule has 1 saturated heterocycles. The summed E-state index contributed by atoms with van der Waals surface area (Å²) in [6.07, 6.45) is -0.961. The highest BCUT2D eigenvalue weighted by molar-refractivity contribution is 6.11. The van der Waals surface area contributed by atoms with Gasteiger partial charge in [0.25, 0.3) is 5.78 Å². The van der Waals surface area contributed by atoms with E-state index in [1.807, 2.05) is 32.3 Å². The maximum absolute atomic E-state index is 13.1. The zero-order valence-corrected chi connectivity index (χ0v) is 19.3. The Balaban J connectivity index is 1.48. The molecule has 1 atom stereocenters. The van der Waals surface area contributed by atoms with Crippen molar-refractivity contribution in [2.45, 2.75) is 31.5 Å². The van der Waals surface area contributed by atoms with E-state index in [1.165, 1.54) is 18.3 Å². The fraction of sp³-hybridized carbons (Fsp3) is 0.423. The zero-order chi connectivity index (χ0) is 24.5. The second-order valence-electron chi connectivity index (χ2n) is 9.26. The molecule has 1 unspecified atom stereocenters. The summed E-state index contributed by atoms with van der Waals surface area (Å²) in [5, 5.41) is 0.309. The van der Waals surface area contributed by atoms with Crippen LogP contribution in [-0.4, -0.2) is 60.5 Å². The molecule has 0 bridgehead atoms. The topological polar surface area (TPSA) is 39.3 Å². The standard InChI is InChI=1S/C26H29F4N3O/c1-32(2)24(18-11-14-33(15-12-18)13-10-17-6-8-19(27)9-7-17)21-5-3-4-20-22(16-31-23(20)21)25(34)26(28,29)30/h3-9,16,18,24,31H,10-15H2,1-2H3. The van der Waals surface area contributed by atoms with Gasteiger partial charge in [-0.2, -0.15) is 13.2 Å². The predicted molar refractivity (Wildman–Crippen MR) is 124 cm³/mol. The lowest BCUT2D eigenvalue weighted by Gasteiger charge is -2.39. The normalized spacial score (nSPS) is 16.9. The molecule has 1 aliphatic rings. The van der Waals surface area contributed by atoms with Crippen LogP contribution in [0.1, 0.15) is 40.4 Å². The van der Waals surface area contributed by atoms with Crippen molar-refractivity contribution in [3.8, 4) is 0 Å². The lowest BCUT2D eigenvalue weighted by molar-refractivity contribution is -0.0884. The van der Waals surface area contributed by atoms with E-state index in [0.717, 1.165) is 50.0 Å². The van der Waals surface area contributed by atoms with E-state index in [4.69, 9.17) is 0 Å². The van der Waals surface area contributed by atoms with Gasteiger partial charge in [-0.05, 0) is 75.6 Å². The van der Waals surface area contributed by atoms with Crippen LogP contribution in [0.2, 0.25) is 0 Å². The largest absolute Gasteiger partial charge is 0.454 e. The first-order chi connectivity index (χ1) is 16.1. The number of hydrogen-bond acceptors (Lipinski definition) is 3. The van der Waals surface area contributed by atoms with Crippen LogP contribution in [0.3, 0.4) is 0 Å². The maximum Gasteiger partial charge on any atom is 0.454 e. The van der Waals surface area contributed by atoms with Gasteiger partial charge in [0.15, 0.2) is 0 Å². The summed E-state index contributed by atoms with van der Waals surface area (Å²) in [5.41, 5.74) is 2.27. The first-order valence-corrected chi connectivity index (χ1v) is 11.5. The number of piperidine rings is 1. The minimum absolute atomic E-state index is 0.00966. The van der Waals surface area contributed by atoms with Crippen molar-refractivity contribution in [3.05, 3.63) is 71.2 Å². The van der Waals surface area contributed by atoms with E-state index >= 15 is 0 Å². The molecule has 3 aromatic rings. The van der Waals surface area contributed by atoms with Crippen LogP contribution >= 0.6 is 0 Å². The zero-order valence-electron chi connectivity index (χ0n) is 19.3. The SMILES string of the molecule is CN(C)C(c1cccc2c(C(=O)C(F)(F)F)c[nH]c12)C1CCN(CCc2ccc(F)cc2)CC1. The number of alkyl halides is 3. The van der Waals surface area contributed by atoms with Gasteiger partial charge in [-0.15, -0.1) is 0 Å². The van der Waals surface area contributed by atoms with Crippen LogP contribution in [0.25, 0.3) is 10.9 Å². The van der Waals surface area contributed by atoms with E-state index in [-0.39, 0.29) is 17.4 Å². The molecule has 4 nitrogen and oxygen atoms in total. The highest BCUT2D eigenvalue weighted by Crippen LogP contribution is 2.38. The molecule has 182 valence electrons. The number of Topliss-reactive ketones (excluding diaryl/α,β-unsaturated/α-hetero) is 1. The highest BCUT2D eigenvalue weighted by atomic mass is 19.4. The Morgan fingerprint density at radius 3 is 2.41 bits per heavy atom. The number of carbonyl (C=O) groups excluding carboxylic acids is 1. The molecule has 0 radical (unpaired) electrons. The molecule has 34 heavy (non-hydrogen) atoms. The van der Waals surface area contributed by atoms with Gasteiger partial charge in [-0.25, -0.2) is 4.39 Å². The predicted octanol–water partition coefficient (Wildman–Crippen LogP) is 5.61. The third-order valence-electron chi connectivity index (χ3n) is 6.83. The van der Waals surface area contributed by atoms with Crippen molar-refractivity contribution in [2.24, 2.45) is 5.92 Å². The second-order valence-corrected chi connectivity index (χ2v) is 9.26. The Kier molecular flexibility index (Phi) is 7.09. The number of fused-ring (bicyclic) bond motifs is 1. The summed E-state index contributed by atoms with van der Waals surface area (Å²) in [4.78, 5) is 19.4. The lowest BCUT2D eigenvalue weighted by Crippen LogP contribution is -2.39. The summed E-state index contributed by atoms with van der Waals surface area (Å²) < 4.78 is 52.3. The molecule has 1 fully saturated rings. The van der Waals surface area contributed by atoms with Crippen molar-refractivity contribution in [2.75, 3.05) is 33.7 Å². The molecule has 2 aromatic carbocycles. The molecule has 4 rings (SSSR count). The molecule has 8 heteroatoms. The van der Waals surface area contributed by atoms with E-state index in [9.17, 15) is 22.4 Å². The van der Waals surface area contributed by atoms with Crippen LogP contribution in [0.5, 0.6) is 0 Å². The van der Waals surface area contributed by atoms with Crippen molar-refractivity contribution < 1.29 is 22.4 Å². The van der Waals surface area contributed by atoms with Gasteiger partial charge in [0.1, 0.15) is 5.82 Å². The summed E-state index contributed by atoms with van der Waals surface area (Å²) in [6, 6.07) is 11.8. The minimum Gasteiger partial charge on any atom is -0.360 e. The van der Waals surface area contributed by atoms with Crippen LogP contribution < -0.4 is 0 Å². The molecule has 1 N–H and O–H groups in total. The Morgan fingerprint density at radius 1 is 1.12 bits per heavy atom. The number of para-hydroxylation sites is 1. The maximum atomic E-state index is 13.1. The minimum atomic E-state index is -4.91. The lowest BCUT2D eigenvalue weighted by atomic mass is 9.83. The van der Waals surface area contributed by atoms with Crippen molar-refractivity contribution in [1.82, 2.24) is 14.8 Å². The molecule has 0 spiro atoms. The van der Waals surface area contributed by atoms with E-state index < -0.39 is 12.0 Å². The number of nitrogens with one attached hydrogen (secondary N) is 1. The summed E-state index contributed by atoms with van der Waals surface area (Å²) in [5.74, 6) is -1.73. The molecule has 1 aromatic heterocycles.